The molecular formula is C9H16N2. The third-order valence-corrected chi connectivity index (χ3v) is 1.16. The molecule has 0 bridgehead atoms. The lowest BCUT2D eigenvalue weighted by Crippen LogP contribution is -2.23. The van der Waals surface area contributed by atoms with Crippen LogP contribution in [0.2, 0.25) is 0 Å². The Bertz CT molecular complexity index is 148. The quantitative estimate of drug-likeness (QED) is 0.439. The lowest BCUT2D eigenvalue weighted by molar-refractivity contribution is 0.727. The number of allylic oxidation sites excluding steroid dienone is 3. The highest BCUT2D eigenvalue weighted by molar-refractivity contribution is 5.16. The first kappa shape index (κ1) is 9.98. The highest BCUT2D eigenvalue weighted by Gasteiger charge is 1.83. The van der Waals surface area contributed by atoms with Gasteiger partial charge in [-0.05, 0) is 13.1 Å². The maximum atomic E-state index is 3.79. The van der Waals surface area contributed by atoms with Crippen LogP contribution in [0.15, 0.2) is 37.1 Å². The van der Waals surface area contributed by atoms with E-state index in [9.17, 15) is 0 Å². The zero-order valence-electron chi connectivity index (χ0n) is 7.06. The molecule has 0 amide bonds. The van der Waals surface area contributed by atoms with Gasteiger partial charge in [0.05, 0.1) is 0 Å². The third-order valence-electron chi connectivity index (χ3n) is 1.16. The van der Waals surface area contributed by atoms with Gasteiger partial charge in [0.1, 0.15) is 0 Å². The Morgan fingerprint density at radius 3 is 2.73 bits per heavy atom. The molecule has 0 aromatic carbocycles. The van der Waals surface area contributed by atoms with Crippen LogP contribution in [0.5, 0.6) is 0 Å². The van der Waals surface area contributed by atoms with E-state index in [2.05, 4.69) is 23.8 Å². The van der Waals surface area contributed by atoms with E-state index in [4.69, 9.17) is 0 Å². The molecular weight excluding hydrogens is 136 g/mol. The molecule has 0 rings (SSSR count). The SMILES string of the molecule is C=C/C=C\C(=C)NCCNC. The number of hydrogen-bond donors (Lipinski definition) is 2. The van der Waals surface area contributed by atoms with E-state index in [0.717, 1.165) is 18.8 Å². The largest absolute Gasteiger partial charge is 0.384 e. The minimum absolute atomic E-state index is 0.900. The topological polar surface area (TPSA) is 24.1 Å². The first-order chi connectivity index (χ1) is 5.31. The van der Waals surface area contributed by atoms with Crippen LogP contribution in [0.25, 0.3) is 0 Å². The summed E-state index contributed by atoms with van der Waals surface area (Å²) in [5, 5.41) is 6.16. The number of likely N-dealkylation sites (N-methyl/N-ethyl adjacent to an activating group) is 1. The number of hydrogen-bond acceptors (Lipinski definition) is 2. The van der Waals surface area contributed by atoms with E-state index in [0.29, 0.717) is 0 Å². The van der Waals surface area contributed by atoms with E-state index in [-0.39, 0.29) is 0 Å². The van der Waals surface area contributed by atoms with E-state index in [1.54, 1.807) is 6.08 Å². The molecule has 0 saturated heterocycles. The zero-order chi connectivity index (χ0) is 8.53. The maximum Gasteiger partial charge on any atom is 0.0271 e. The lowest BCUT2D eigenvalue weighted by Gasteiger charge is -2.03. The van der Waals surface area contributed by atoms with Crippen LogP contribution in [0.4, 0.5) is 0 Å². The van der Waals surface area contributed by atoms with Crippen molar-refractivity contribution in [2.75, 3.05) is 20.1 Å². The molecule has 0 aliphatic carbocycles. The second kappa shape index (κ2) is 7.09. The molecule has 0 aromatic rings. The van der Waals surface area contributed by atoms with Gasteiger partial charge in [0.15, 0.2) is 0 Å². The van der Waals surface area contributed by atoms with Gasteiger partial charge in [-0.25, -0.2) is 0 Å². The summed E-state index contributed by atoms with van der Waals surface area (Å²) >= 11 is 0. The second-order valence-electron chi connectivity index (χ2n) is 2.15. The fourth-order valence-electron chi connectivity index (χ4n) is 0.591. The number of rotatable bonds is 6. The van der Waals surface area contributed by atoms with Crippen molar-refractivity contribution < 1.29 is 0 Å². The molecule has 0 heterocycles. The molecule has 0 radical (unpaired) electrons. The smallest absolute Gasteiger partial charge is 0.0271 e. The predicted octanol–water partition coefficient (Wildman–Crippen LogP) is 1.05. The summed E-state index contributed by atoms with van der Waals surface area (Å²) < 4.78 is 0. The van der Waals surface area contributed by atoms with Crippen molar-refractivity contribution in [2.24, 2.45) is 0 Å². The van der Waals surface area contributed by atoms with Gasteiger partial charge in [-0.2, -0.15) is 0 Å². The Kier molecular flexibility index (Phi) is 6.43. The van der Waals surface area contributed by atoms with Crippen LogP contribution in [-0.4, -0.2) is 20.1 Å². The van der Waals surface area contributed by atoms with Gasteiger partial charge in [-0.15, -0.1) is 0 Å². The normalized spacial score (nSPS) is 9.91. The molecule has 0 unspecified atom stereocenters. The average molecular weight is 152 g/mol. The molecule has 0 spiro atoms. The molecule has 0 saturated carbocycles. The van der Waals surface area contributed by atoms with Crippen molar-refractivity contribution in [3.63, 3.8) is 0 Å². The molecule has 0 atom stereocenters. The first-order valence-corrected chi connectivity index (χ1v) is 3.67. The molecule has 0 aliphatic heterocycles. The zero-order valence-corrected chi connectivity index (χ0v) is 7.06. The van der Waals surface area contributed by atoms with Crippen molar-refractivity contribution in [1.82, 2.24) is 10.6 Å². The van der Waals surface area contributed by atoms with E-state index < -0.39 is 0 Å². The summed E-state index contributed by atoms with van der Waals surface area (Å²) in [6, 6.07) is 0. The standard InChI is InChI=1S/C9H16N2/c1-4-5-6-9(2)11-8-7-10-3/h4-6,10-11H,1-2,7-8H2,3H3/b6-5-. The molecule has 2 N–H and O–H groups in total. The Morgan fingerprint density at radius 1 is 1.45 bits per heavy atom. The van der Waals surface area contributed by atoms with Gasteiger partial charge >= 0.3 is 0 Å². The first-order valence-electron chi connectivity index (χ1n) is 3.67. The third kappa shape index (κ3) is 6.87. The maximum absolute atomic E-state index is 3.79. The van der Waals surface area contributed by atoms with E-state index in [1.165, 1.54) is 0 Å². The van der Waals surface area contributed by atoms with E-state index >= 15 is 0 Å². The van der Waals surface area contributed by atoms with Crippen LogP contribution in [0, 0.1) is 0 Å². The van der Waals surface area contributed by atoms with Crippen molar-refractivity contribution in [3.8, 4) is 0 Å². The van der Waals surface area contributed by atoms with Crippen LogP contribution >= 0.6 is 0 Å². The summed E-state index contributed by atoms with van der Waals surface area (Å²) in [6.45, 7) is 9.20. The summed E-state index contributed by atoms with van der Waals surface area (Å²) in [5.41, 5.74) is 0.917. The van der Waals surface area contributed by atoms with Crippen LogP contribution < -0.4 is 10.6 Å². The minimum atomic E-state index is 0.900. The van der Waals surface area contributed by atoms with Crippen LogP contribution in [-0.2, 0) is 0 Å². The highest BCUT2D eigenvalue weighted by Crippen LogP contribution is 1.85. The summed E-state index contributed by atoms with van der Waals surface area (Å²) in [6.07, 6.45) is 5.47. The highest BCUT2D eigenvalue weighted by atomic mass is 14.9. The lowest BCUT2D eigenvalue weighted by atomic mass is 10.4. The Labute approximate surface area is 68.7 Å². The second-order valence-corrected chi connectivity index (χ2v) is 2.15. The molecule has 2 nitrogen and oxygen atoms in total. The van der Waals surface area contributed by atoms with Gasteiger partial charge in [-0.3, -0.25) is 0 Å². The summed E-state index contributed by atoms with van der Waals surface area (Å²) in [4.78, 5) is 0. The summed E-state index contributed by atoms with van der Waals surface area (Å²) in [7, 11) is 1.92. The Balaban J connectivity index is 3.37. The Hall–Kier alpha value is -1.02. The monoisotopic (exact) mass is 152 g/mol. The molecule has 11 heavy (non-hydrogen) atoms. The molecule has 62 valence electrons. The van der Waals surface area contributed by atoms with Crippen molar-refractivity contribution in [1.29, 1.82) is 0 Å². The Morgan fingerprint density at radius 2 is 2.18 bits per heavy atom. The van der Waals surface area contributed by atoms with Crippen LogP contribution in [0.1, 0.15) is 0 Å². The fourth-order valence-corrected chi connectivity index (χ4v) is 0.591. The van der Waals surface area contributed by atoms with Gasteiger partial charge in [0, 0.05) is 18.8 Å². The minimum Gasteiger partial charge on any atom is -0.384 e. The van der Waals surface area contributed by atoms with Crippen LogP contribution in [0.3, 0.4) is 0 Å². The average Bonchev–Trinajstić information content (AvgIpc) is 2.01. The number of nitrogens with one attached hydrogen (secondary N) is 2. The van der Waals surface area contributed by atoms with E-state index in [1.807, 2.05) is 19.2 Å². The van der Waals surface area contributed by atoms with Gasteiger partial charge in [-0.1, -0.05) is 25.3 Å². The molecule has 2 heteroatoms. The predicted molar refractivity (Wildman–Crippen MR) is 50.4 cm³/mol. The van der Waals surface area contributed by atoms with Gasteiger partial charge < -0.3 is 10.6 Å². The van der Waals surface area contributed by atoms with Crippen molar-refractivity contribution in [3.05, 3.63) is 37.1 Å². The molecule has 0 fully saturated rings. The van der Waals surface area contributed by atoms with Crippen molar-refractivity contribution >= 4 is 0 Å². The summed E-state index contributed by atoms with van der Waals surface area (Å²) in [5.74, 6) is 0. The van der Waals surface area contributed by atoms with Crippen molar-refractivity contribution in [2.45, 2.75) is 0 Å². The fraction of sp³-hybridized carbons (Fsp3) is 0.333. The molecule has 0 aromatic heterocycles. The van der Waals surface area contributed by atoms with Gasteiger partial charge in [0.2, 0.25) is 0 Å². The molecule has 0 aliphatic rings. The van der Waals surface area contributed by atoms with Gasteiger partial charge in [0.25, 0.3) is 0 Å².